The Morgan fingerprint density at radius 3 is 2.33 bits per heavy atom. The number of unbranched alkanes of at least 4 members (excludes halogenated alkanes) is 3. The number of aromatic nitrogens is 2. The van der Waals surface area contributed by atoms with E-state index in [1.807, 2.05) is 38.1 Å². The van der Waals surface area contributed by atoms with Gasteiger partial charge in [-0.15, -0.1) is 0 Å². The van der Waals surface area contributed by atoms with E-state index in [0.29, 0.717) is 18.0 Å². The van der Waals surface area contributed by atoms with Gasteiger partial charge < -0.3 is 5.32 Å². The summed E-state index contributed by atoms with van der Waals surface area (Å²) >= 11 is 0. The molecular formula is C22H35N3O2. The molecule has 0 fully saturated rings. The number of carbonyl (C=O) groups excluding carboxylic acids is 1. The highest BCUT2D eigenvalue weighted by Crippen LogP contribution is 2.18. The number of imidazole rings is 1. The second kappa shape index (κ2) is 10.3. The molecule has 2 aromatic rings. The summed E-state index contributed by atoms with van der Waals surface area (Å²) in [4.78, 5) is 25.7. The van der Waals surface area contributed by atoms with Crippen molar-refractivity contribution in [1.82, 2.24) is 14.5 Å². The fourth-order valence-corrected chi connectivity index (χ4v) is 3.79. The second-order valence-electron chi connectivity index (χ2n) is 7.76. The summed E-state index contributed by atoms with van der Waals surface area (Å²) in [6.07, 6.45) is 8.33. The Balaban J connectivity index is 2.13. The SMILES string of the molecule is CCCCCCC(CCC)CNC(=O)n1c(=O)n(C(C)C)c2ccccc21. The van der Waals surface area contributed by atoms with Crippen LogP contribution in [0.1, 0.15) is 78.7 Å². The molecule has 1 heterocycles. The van der Waals surface area contributed by atoms with E-state index < -0.39 is 0 Å². The van der Waals surface area contributed by atoms with E-state index in [1.165, 1.54) is 30.3 Å². The Labute approximate surface area is 162 Å². The Morgan fingerprint density at radius 1 is 1.00 bits per heavy atom. The van der Waals surface area contributed by atoms with E-state index in [1.54, 1.807) is 4.57 Å². The van der Waals surface area contributed by atoms with Crippen LogP contribution in [0.4, 0.5) is 4.79 Å². The van der Waals surface area contributed by atoms with Crippen LogP contribution < -0.4 is 11.0 Å². The van der Waals surface area contributed by atoms with Gasteiger partial charge in [0.05, 0.1) is 11.0 Å². The van der Waals surface area contributed by atoms with Crippen molar-refractivity contribution >= 4 is 17.1 Å². The van der Waals surface area contributed by atoms with Crippen molar-refractivity contribution in [2.75, 3.05) is 6.54 Å². The van der Waals surface area contributed by atoms with Gasteiger partial charge in [0.25, 0.3) is 0 Å². The third kappa shape index (κ3) is 5.24. The molecule has 27 heavy (non-hydrogen) atoms. The molecular weight excluding hydrogens is 338 g/mol. The molecule has 150 valence electrons. The van der Waals surface area contributed by atoms with Crippen LogP contribution >= 0.6 is 0 Å². The van der Waals surface area contributed by atoms with E-state index in [0.717, 1.165) is 24.8 Å². The summed E-state index contributed by atoms with van der Waals surface area (Å²) in [7, 11) is 0. The summed E-state index contributed by atoms with van der Waals surface area (Å²) in [6.45, 7) is 8.95. The average molecular weight is 374 g/mol. The zero-order valence-corrected chi connectivity index (χ0v) is 17.3. The molecule has 0 aliphatic carbocycles. The standard InChI is InChI=1S/C22H35N3O2/c1-5-7-8-9-13-18(12-6-2)16-23-21(26)25-20-15-11-10-14-19(20)24(17(3)4)22(25)27/h10-11,14-15,17-18H,5-9,12-13,16H2,1-4H3,(H,23,26). The molecule has 5 nitrogen and oxygen atoms in total. The summed E-state index contributed by atoms with van der Waals surface area (Å²) in [6, 6.07) is 7.19. The lowest BCUT2D eigenvalue weighted by atomic mass is 9.96. The fraction of sp³-hybridized carbons (Fsp3) is 0.636. The molecule has 0 radical (unpaired) electrons. The number of hydrogen-bond acceptors (Lipinski definition) is 2. The molecule has 0 saturated heterocycles. The first-order valence-electron chi connectivity index (χ1n) is 10.5. The molecule has 0 aliphatic heterocycles. The first kappa shape index (κ1) is 21.3. The van der Waals surface area contributed by atoms with Crippen LogP contribution in [0.25, 0.3) is 11.0 Å². The fourth-order valence-electron chi connectivity index (χ4n) is 3.79. The first-order chi connectivity index (χ1) is 13.0. The molecule has 0 aliphatic rings. The predicted molar refractivity (Wildman–Crippen MR) is 113 cm³/mol. The highest BCUT2D eigenvalue weighted by atomic mass is 16.2. The first-order valence-corrected chi connectivity index (χ1v) is 10.5. The van der Waals surface area contributed by atoms with Gasteiger partial charge in [-0.25, -0.2) is 14.2 Å². The van der Waals surface area contributed by atoms with Gasteiger partial charge in [-0.2, -0.15) is 0 Å². The quantitative estimate of drug-likeness (QED) is 0.572. The van der Waals surface area contributed by atoms with Gasteiger partial charge in [-0.3, -0.25) is 4.57 Å². The van der Waals surface area contributed by atoms with Crippen molar-refractivity contribution in [3.63, 3.8) is 0 Å². The maximum atomic E-state index is 12.9. The van der Waals surface area contributed by atoms with Crippen LogP contribution in [0.15, 0.2) is 29.1 Å². The topological polar surface area (TPSA) is 56.0 Å². The maximum absolute atomic E-state index is 12.9. The van der Waals surface area contributed by atoms with Crippen LogP contribution in [0.5, 0.6) is 0 Å². The van der Waals surface area contributed by atoms with E-state index in [2.05, 4.69) is 19.2 Å². The highest BCUT2D eigenvalue weighted by Gasteiger charge is 2.20. The molecule has 0 saturated carbocycles. The predicted octanol–water partition coefficient (Wildman–Crippen LogP) is 5.33. The summed E-state index contributed by atoms with van der Waals surface area (Å²) < 4.78 is 2.97. The smallest absolute Gasteiger partial charge is 0.337 e. The van der Waals surface area contributed by atoms with Crippen LogP contribution in [0.3, 0.4) is 0 Å². The monoisotopic (exact) mass is 373 g/mol. The minimum atomic E-state index is -0.315. The zero-order valence-electron chi connectivity index (χ0n) is 17.3. The molecule has 1 amide bonds. The van der Waals surface area contributed by atoms with Gasteiger partial charge in [0.2, 0.25) is 0 Å². The number of benzene rings is 1. The lowest BCUT2D eigenvalue weighted by molar-refractivity contribution is 0.239. The zero-order chi connectivity index (χ0) is 19.8. The minimum Gasteiger partial charge on any atom is -0.337 e. The molecule has 1 atom stereocenters. The molecule has 1 aromatic carbocycles. The normalized spacial score (nSPS) is 12.6. The van der Waals surface area contributed by atoms with Crippen LogP contribution in [-0.4, -0.2) is 21.7 Å². The molecule has 0 bridgehead atoms. The van der Waals surface area contributed by atoms with E-state index in [-0.39, 0.29) is 17.8 Å². The van der Waals surface area contributed by atoms with Crippen LogP contribution in [0.2, 0.25) is 0 Å². The van der Waals surface area contributed by atoms with Gasteiger partial charge >= 0.3 is 11.7 Å². The number of carbonyl (C=O) groups is 1. The largest absolute Gasteiger partial charge is 0.337 e. The van der Waals surface area contributed by atoms with E-state index in [4.69, 9.17) is 0 Å². The molecule has 1 aromatic heterocycles. The Kier molecular flexibility index (Phi) is 8.14. The second-order valence-corrected chi connectivity index (χ2v) is 7.76. The number of fused-ring (bicyclic) bond motifs is 1. The number of hydrogen-bond donors (Lipinski definition) is 1. The van der Waals surface area contributed by atoms with Crippen molar-refractivity contribution in [1.29, 1.82) is 0 Å². The average Bonchev–Trinajstić information content (AvgIpc) is 2.94. The van der Waals surface area contributed by atoms with Gasteiger partial charge in [0, 0.05) is 12.6 Å². The summed E-state index contributed by atoms with van der Waals surface area (Å²) in [5, 5.41) is 3.02. The van der Waals surface area contributed by atoms with Crippen molar-refractivity contribution in [2.45, 2.75) is 78.7 Å². The number of rotatable bonds is 10. The van der Waals surface area contributed by atoms with Gasteiger partial charge in [0.15, 0.2) is 0 Å². The Morgan fingerprint density at radius 2 is 1.70 bits per heavy atom. The van der Waals surface area contributed by atoms with Crippen molar-refractivity contribution in [2.24, 2.45) is 5.92 Å². The summed E-state index contributed by atoms with van der Waals surface area (Å²) in [5.74, 6) is 0.477. The van der Waals surface area contributed by atoms with Crippen molar-refractivity contribution < 1.29 is 4.79 Å². The highest BCUT2D eigenvalue weighted by molar-refractivity contribution is 5.89. The van der Waals surface area contributed by atoms with Gasteiger partial charge in [-0.1, -0.05) is 58.1 Å². The lowest BCUT2D eigenvalue weighted by Gasteiger charge is -2.17. The third-order valence-electron chi connectivity index (χ3n) is 5.20. The maximum Gasteiger partial charge on any atom is 0.337 e. The number of nitrogens with one attached hydrogen (secondary N) is 1. The lowest BCUT2D eigenvalue weighted by Crippen LogP contribution is -2.39. The minimum absolute atomic E-state index is 0.00264. The van der Waals surface area contributed by atoms with E-state index >= 15 is 0 Å². The third-order valence-corrected chi connectivity index (χ3v) is 5.20. The molecule has 0 spiro atoms. The summed E-state index contributed by atoms with van der Waals surface area (Å²) in [5.41, 5.74) is 1.21. The van der Waals surface area contributed by atoms with Gasteiger partial charge in [-0.05, 0) is 44.7 Å². The molecule has 2 rings (SSSR count). The number of nitrogens with zero attached hydrogens (tertiary/aromatic N) is 2. The number of para-hydroxylation sites is 2. The van der Waals surface area contributed by atoms with Crippen LogP contribution in [-0.2, 0) is 0 Å². The van der Waals surface area contributed by atoms with Crippen molar-refractivity contribution in [3.05, 3.63) is 34.7 Å². The molecule has 5 heteroatoms. The Bertz CT molecular complexity index is 788. The Hall–Kier alpha value is -2.04. The van der Waals surface area contributed by atoms with Crippen LogP contribution in [0, 0.1) is 5.92 Å². The van der Waals surface area contributed by atoms with Gasteiger partial charge in [0.1, 0.15) is 0 Å². The molecule has 1 N–H and O–H groups in total. The molecule has 1 unspecified atom stereocenters. The van der Waals surface area contributed by atoms with E-state index in [9.17, 15) is 9.59 Å². The van der Waals surface area contributed by atoms with Crippen molar-refractivity contribution in [3.8, 4) is 0 Å². The number of amides is 1.